The second kappa shape index (κ2) is 8.57. The van der Waals surface area contributed by atoms with Crippen LogP contribution in [0.15, 0.2) is 36.4 Å². The summed E-state index contributed by atoms with van der Waals surface area (Å²) in [5.74, 6) is 1.81. The molecule has 0 N–H and O–H groups in total. The van der Waals surface area contributed by atoms with E-state index in [0.717, 1.165) is 41.0 Å². The molecule has 0 amide bonds. The number of hydrogen-bond donors (Lipinski definition) is 0. The summed E-state index contributed by atoms with van der Waals surface area (Å²) >= 11 is 0. The molecule has 1 aliphatic rings. The van der Waals surface area contributed by atoms with Gasteiger partial charge in [-0.15, -0.1) is 0 Å². The van der Waals surface area contributed by atoms with Crippen molar-refractivity contribution in [1.29, 1.82) is 0 Å². The molecule has 0 saturated carbocycles. The van der Waals surface area contributed by atoms with E-state index in [1.807, 2.05) is 37.3 Å². The van der Waals surface area contributed by atoms with Crippen molar-refractivity contribution >= 4 is 16.8 Å². The van der Waals surface area contributed by atoms with E-state index in [0.29, 0.717) is 17.9 Å². The van der Waals surface area contributed by atoms with E-state index >= 15 is 0 Å². The molecule has 144 valence electrons. The first kappa shape index (κ1) is 19.4. The summed E-state index contributed by atoms with van der Waals surface area (Å²) in [6.45, 7) is 2.56. The van der Waals surface area contributed by atoms with Gasteiger partial charge in [0.25, 0.3) is 0 Å². The van der Waals surface area contributed by atoms with Crippen molar-refractivity contribution in [3.8, 4) is 22.6 Å². The molecule has 1 unspecified atom stereocenters. The van der Waals surface area contributed by atoms with Crippen LogP contribution < -0.4 is 9.47 Å². The monoisotopic (exact) mass is 388 g/mol. The van der Waals surface area contributed by atoms with Crippen LogP contribution in [0.5, 0.6) is 11.5 Å². The van der Waals surface area contributed by atoms with Gasteiger partial charge in [0.1, 0.15) is 11.5 Å². The molecule has 1 aliphatic heterocycles. The number of esters is 1. The van der Waals surface area contributed by atoms with E-state index in [1.54, 1.807) is 12.3 Å². The Morgan fingerprint density at radius 2 is 2.04 bits per heavy atom. The number of ether oxygens (including phenoxy) is 3. The number of hydrogen-bond acceptors (Lipinski definition) is 5. The Hall–Kier alpha value is -2.34. The van der Waals surface area contributed by atoms with Crippen LogP contribution in [0.3, 0.4) is 0 Å². The first-order valence-corrected chi connectivity index (χ1v) is 10.7. The summed E-state index contributed by atoms with van der Waals surface area (Å²) in [7, 11) is 0.575. The van der Waals surface area contributed by atoms with Crippen LogP contribution in [-0.2, 0) is 22.0 Å². The highest BCUT2D eigenvalue weighted by molar-refractivity contribution is 7.84. The second-order valence-corrected chi connectivity index (χ2v) is 8.19. The largest absolute Gasteiger partial charge is 0.494 e. The molecule has 0 radical (unpaired) electrons. The Morgan fingerprint density at radius 1 is 1.22 bits per heavy atom. The third-order valence-corrected chi connectivity index (χ3v) is 5.31. The van der Waals surface area contributed by atoms with Gasteiger partial charge in [-0.1, -0.05) is 6.07 Å². The minimum Gasteiger partial charge on any atom is -0.494 e. The molecule has 0 spiro atoms. The second-order valence-electron chi connectivity index (χ2n) is 6.63. The molecule has 0 saturated heterocycles. The number of rotatable bonds is 6. The molecule has 0 aromatic heterocycles. The van der Waals surface area contributed by atoms with Gasteiger partial charge in [0.2, 0.25) is 0 Å². The lowest BCUT2D eigenvalue weighted by Gasteiger charge is -2.13. The Morgan fingerprint density at radius 3 is 2.78 bits per heavy atom. The molecule has 2 aromatic carbocycles. The van der Waals surface area contributed by atoms with E-state index in [4.69, 9.17) is 14.2 Å². The fraction of sp³-hybridized carbons (Fsp3) is 0.381. The fourth-order valence-electron chi connectivity index (χ4n) is 3.20. The van der Waals surface area contributed by atoms with E-state index in [2.05, 4.69) is 0 Å². The molecule has 2 aromatic rings. The molecular formula is C21H24O5S. The highest BCUT2D eigenvalue weighted by Crippen LogP contribution is 2.39. The molecule has 0 aliphatic carbocycles. The van der Waals surface area contributed by atoms with Gasteiger partial charge >= 0.3 is 5.97 Å². The van der Waals surface area contributed by atoms with Crippen LogP contribution in [0.25, 0.3) is 11.1 Å². The maximum Gasteiger partial charge on any atom is 0.337 e. The minimum atomic E-state index is -0.799. The molecule has 3 rings (SSSR count). The molecule has 0 fully saturated rings. The number of methoxy groups -OCH3 is 1. The van der Waals surface area contributed by atoms with Crippen molar-refractivity contribution in [2.75, 3.05) is 25.7 Å². The first-order chi connectivity index (χ1) is 13.0. The third-order valence-electron chi connectivity index (χ3n) is 4.45. The predicted octanol–water partition coefficient (Wildman–Crippen LogP) is 3.61. The van der Waals surface area contributed by atoms with Crippen LogP contribution in [0, 0.1) is 0 Å². The standard InChI is InChI=1S/C21H24O5S/c1-14-11-16-12-17(25-9-4-10-27(3)23)6-7-18(16)19-13-15(21(22)24-2)5-8-20(19)26-14/h5-8,12-14H,4,9-11H2,1-3H3/t14-,27?/m1/s1. The van der Waals surface area contributed by atoms with E-state index in [1.165, 1.54) is 7.11 Å². The van der Waals surface area contributed by atoms with Crippen molar-refractivity contribution in [2.45, 2.75) is 25.9 Å². The molecule has 1 heterocycles. The lowest BCUT2D eigenvalue weighted by atomic mass is 9.95. The van der Waals surface area contributed by atoms with Crippen LogP contribution in [-0.4, -0.2) is 42.0 Å². The predicted molar refractivity (Wildman–Crippen MR) is 106 cm³/mol. The lowest BCUT2D eigenvalue weighted by Crippen LogP contribution is -2.13. The number of carbonyl (C=O) groups excluding carboxylic acids is 1. The Bertz CT molecular complexity index is 862. The highest BCUT2D eigenvalue weighted by atomic mass is 32.2. The van der Waals surface area contributed by atoms with Crippen LogP contribution >= 0.6 is 0 Å². The maximum absolute atomic E-state index is 11.9. The van der Waals surface area contributed by atoms with Gasteiger partial charge in [-0.05, 0) is 54.8 Å². The van der Waals surface area contributed by atoms with Gasteiger partial charge in [0.05, 0.1) is 25.4 Å². The maximum atomic E-state index is 11.9. The minimum absolute atomic E-state index is 0.00624. The Labute approximate surface area is 162 Å². The van der Waals surface area contributed by atoms with E-state index in [-0.39, 0.29) is 12.1 Å². The van der Waals surface area contributed by atoms with Gasteiger partial charge in [-0.2, -0.15) is 0 Å². The zero-order chi connectivity index (χ0) is 19.4. The smallest absolute Gasteiger partial charge is 0.337 e. The number of fused-ring (bicyclic) bond motifs is 3. The van der Waals surface area contributed by atoms with Crippen LogP contribution in [0.2, 0.25) is 0 Å². The first-order valence-electron chi connectivity index (χ1n) is 8.93. The van der Waals surface area contributed by atoms with Gasteiger partial charge < -0.3 is 14.2 Å². The SMILES string of the molecule is COC(=O)c1ccc2c(c1)-c1ccc(OCCCS(C)=O)cc1C[C@@H](C)O2. The average molecular weight is 388 g/mol. The van der Waals surface area contributed by atoms with Crippen molar-refractivity contribution in [1.82, 2.24) is 0 Å². The van der Waals surface area contributed by atoms with Gasteiger partial charge in [0.15, 0.2) is 0 Å². The fourth-order valence-corrected chi connectivity index (χ4v) is 3.72. The van der Waals surface area contributed by atoms with Gasteiger partial charge in [-0.3, -0.25) is 4.21 Å². The summed E-state index contributed by atoms with van der Waals surface area (Å²) in [5, 5.41) is 0. The topological polar surface area (TPSA) is 61.8 Å². The van der Waals surface area contributed by atoms with Crippen molar-refractivity contribution in [2.24, 2.45) is 0 Å². The molecule has 6 heteroatoms. The molecule has 2 atom stereocenters. The quantitative estimate of drug-likeness (QED) is 0.559. The summed E-state index contributed by atoms with van der Waals surface area (Å²) in [4.78, 5) is 11.9. The van der Waals surface area contributed by atoms with Gasteiger partial charge in [-0.25, -0.2) is 4.79 Å². The Balaban J connectivity index is 1.90. The summed E-state index contributed by atoms with van der Waals surface area (Å²) in [5.41, 5.74) is 3.51. The highest BCUT2D eigenvalue weighted by Gasteiger charge is 2.22. The number of benzene rings is 2. The zero-order valence-electron chi connectivity index (χ0n) is 15.8. The average Bonchev–Trinajstić information content (AvgIpc) is 2.78. The molecule has 5 nitrogen and oxygen atoms in total. The number of carbonyl (C=O) groups is 1. The zero-order valence-corrected chi connectivity index (χ0v) is 16.6. The van der Waals surface area contributed by atoms with E-state index in [9.17, 15) is 9.00 Å². The normalized spacial score (nSPS) is 16.3. The summed E-state index contributed by atoms with van der Waals surface area (Å²) in [6, 6.07) is 11.3. The lowest BCUT2D eigenvalue weighted by molar-refractivity contribution is 0.0600. The van der Waals surface area contributed by atoms with Crippen molar-refractivity contribution in [3.63, 3.8) is 0 Å². The third kappa shape index (κ3) is 4.69. The van der Waals surface area contributed by atoms with Crippen LogP contribution in [0.4, 0.5) is 0 Å². The summed E-state index contributed by atoms with van der Waals surface area (Å²) in [6.07, 6.45) is 3.20. The molecule has 27 heavy (non-hydrogen) atoms. The summed E-state index contributed by atoms with van der Waals surface area (Å²) < 4.78 is 27.8. The Kier molecular flexibility index (Phi) is 6.16. The van der Waals surface area contributed by atoms with Crippen molar-refractivity contribution in [3.05, 3.63) is 47.5 Å². The molecular weight excluding hydrogens is 364 g/mol. The molecule has 0 bridgehead atoms. The van der Waals surface area contributed by atoms with Crippen LogP contribution in [0.1, 0.15) is 29.3 Å². The van der Waals surface area contributed by atoms with E-state index < -0.39 is 10.8 Å². The van der Waals surface area contributed by atoms with Gasteiger partial charge in [0, 0.05) is 34.8 Å². The van der Waals surface area contributed by atoms with Crippen molar-refractivity contribution < 1.29 is 23.2 Å².